The highest BCUT2D eigenvalue weighted by Gasteiger charge is 2.30. The van der Waals surface area contributed by atoms with E-state index in [1.807, 2.05) is 54.3 Å². The highest BCUT2D eigenvalue weighted by Crippen LogP contribution is 2.22. The fraction of sp³-hybridized carbons (Fsp3) is 0.429. The molecule has 1 saturated heterocycles. The van der Waals surface area contributed by atoms with E-state index in [9.17, 15) is 14.4 Å². The average molecular weight is 493 g/mol. The lowest BCUT2D eigenvalue weighted by atomic mass is 9.96. The van der Waals surface area contributed by atoms with Gasteiger partial charge in [-0.05, 0) is 43.0 Å². The van der Waals surface area contributed by atoms with Crippen LogP contribution in [-0.4, -0.2) is 60.4 Å². The Morgan fingerprint density at radius 2 is 1.83 bits per heavy atom. The number of aryl methyl sites for hydroxylation is 1. The van der Waals surface area contributed by atoms with Gasteiger partial charge in [0.05, 0.1) is 6.42 Å². The van der Waals surface area contributed by atoms with E-state index in [0.29, 0.717) is 45.6 Å². The van der Waals surface area contributed by atoms with Crippen LogP contribution in [-0.2, 0) is 25.7 Å². The number of hydrogen-bond donors (Lipinski definition) is 1. The van der Waals surface area contributed by atoms with Gasteiger partial charge in [0.15, 0.2) is 0 Å². The number of benzene rings is 1. The molecule has 8 heteroatoms. The van der Waals surface area contributed by atoms with E-state index in [1.165, 1.54) is 6.08 Å². The van der Waals surface area contributed by atoms with Crippen LogP contribution in [0, 0.1) is 12.8 Å². The minimum absolute atomic E-state index is 0.0146. The van der Waals surface area contributed by atoms with Crippen molar-refractivity contribution in [1.29, 1.82) is 0 Å². The number of hydrogen-bond acceptors (Lipinski definition) is 6. The SMILES string of the molecule is C=CC(=O)NCCCC[C@H](CC(=O)OCc1ccccc1)C(=O)N1CCN(c2ncccc2C)CC1. The van der Waals surface area contributed by atoms with Crippen molar-refractivity contribution in [2.45, 2.75) is 39.2 Å². The number of rotatable bonds is 12. The number of amides is 2. The topological polar surface area (TPSA) is 91.8 Å². The van der Waals surface area contributed by atoms with Crippen molar-refractivity contribution in [2.24, 2.45) is 5.92 Å². The van der Waals surface area contributed by atoms with Gasteiger partial charge in [-0.15, -0.1) is 0 Å². The lowest BCUT2D eigenvalue weighted by Crippen LogP contribution is -2.51. The van der Waals surface area contributed by atoms with Crippen LogP contribution in [0.3, 0.4) is 0 Å². The molecule has 0 unspecified atom stereocenters. The number of aromatic nitrogens is 1. The van der Waals surface area contributed by atoms with Gasteiger partial charge in [0.1, 0.15) is 12.4 Å². The van der Waals surface area contributed by atoms with Gasteiger partial charge in [-0.1, -0.05) is 49.4 Å². The Hall–Kier alpha value is -3.68. The second-order valence-corrected chi connectivity index (χ2v) is 8.99. The van der Waals surface area contributed by atoms with Gasteiger partial charge in [-0.25, -0.2) is 4.98 Å². The summed E-state index contributed by atoms with van der Waals surface area (Å²) in [5.41, 5.74) is 2.02. The Bertz CT molecular complexity index is 1020. The van der Waals surface area contributed by atoms with Crippen LogP contribution in [0.5, 0.6) is 0 Å². The normalized spacial score (nSPS) is 14.1. The number of anilines is 1. The number of piperazine rings is 1. The number of nitrogens with zero attached hydrogens (tertiary/aromatic N) is 3. The third kappa shape index (κ3) is 8.22. The molecule has 1 aliphatic rings. The summed E-state index contributed by atoms with van der Waals surface area (Å²) < 4.78 is 5.46. The smallest absolute Gasteiger partial charge is 0.306 e. The van der Waals surface area contributed by atoms with Gasteiger partial charge in [0, 0.05) is 44.8 Å². The zero-order valence-corrected chi connectivity index (χ0v) is 21.0. The van der Waals surface area contributed by atoms with Gasteiger partial charge in [0.25, 0.3) is 0 Å². The molecule has 0 bridgehead atoms. The Labute approximate surface area is 213 Å². The zero-order chi connectivity index (χ0) is 25.8. The Morgan fingerprint density at radius 3 is 2.53 bits per heavy atom. The Morgan fingerprint density at radius 1 is 1.08 bits per heavy atom. The Kier molecular flexibility index (Phi) is 10.5. The zero-order valence-electron chi connectivity index (χ0n) is 21.0. The predicted octanol–water partition coefficient (Wildman–Crippen LogP) is 3.26. The number of nitrogens with one attached hydrogen (secondary N) is 1. The highest BCUT2D eigenvalue weighted by molar-refractivity contribution is 5.86. The van der Waals surface area contributed by atoms with Crippen LogP contribution < -0.4 is 10.2 Å². The lowest BCUT2D eigenvalue weighted by Gasteiger charge is -2.37. The number of pyridine rings is 1. The molecule has 0 aliphatic carbocycles. The summed E-state index contributed by atoms with van der Waals surface area (Å²) >= 11 is 0. The van der Waals surface area contributed by atoms with E-state index in [4.69, 9.17) is 4.74 Å². The molecule has 0 spiro atoms. The molecule has 1 fully saturated rings. The molecule has 2 heterocycles. The minimum atomic E-state index is -0.452. The second-order valence-electron chi connectivity index (χ2n) is 8.99. The number of unbranched alkanes of at least 4 members (excludes halogenated alkanes) is 1. The number of ether oxygens (including phenoxy) is 1. The molecule has 1 atom stereocenters. The second kappa shape index (κ2) is 14.0. The molecule has 0 radical (unpaired) electrons. The molecule has 0 saturated carbocycles. The first kappa shape index (κ1) is 26.9. The molecule has 2 aromatic rings. The molecule has 2 amide bonds. The predicted molar refractivity (Wildman–Crippen MR) is 139 cm³/mol. The van der Waals surface area contributed by atoms with Crippen molar-refractivity contribution >= 4 is 23.6 Å². The van der Waals surface area contributed by atoms with E-state index in [-0.39, 0.29) is 30.8 Å². The summed E-state index contributed by atoms with van der Waals surface area (Å²) in [6, 6.07) is 13.5. The monoisotopic (exact) mass is 492 g/mol. The van der Waals surface area contributed by atoms with Crippen molar-refractivity contribution in [3.05, 3.63) is 72.4 Å². The maximum atomic E-state index is 13.4. The molecule has 1 aliphatic heterocycles. The summed E-state index contributed by atoms with van der Waals surface area (Å²) in [6.07, 6.45) is 5.06. The van der Waals surface area contributed by atoms with Crippen molar-refractivity contribution < 1.29 is 19.1 Å². The third-order valence-electron chi connectivity index (χ3n) is 6.34. The van der Waals surface area contributed by atoms with Crippen molar-refractivity contribution in [3.63, 3.8) is 0 Å². The molecule has 1 aromatic heterocycles. The molecular weight excluding hydrogens is 456 g/mol. The van der Waals surface area contributed by atoms with Gasteiger partial charge in [-0.3, -0.25) is 14.4 Å². The van der Waals surface area contributed by atoms with Crippen LogP contribution in [0.1, 0.15) is 36.8 Å². The largest absolute Gasteiger partial charge is 0.461 e. The van der Waals surface area contributed by atoms with E-state index < -0.39 is 5.92 Å². The van der Waals surface area contributed by atoms with Crippen molar-refractivity contribution in [3.8, 4) is 0 Å². The quantitative estimate of drug-likeness (QED) is 0.278. The summed E-state index contributed by atoms with van der Waals surface area (Å²) in [5, 5.41) is 2.75. The minimum Gasteiger partial charge on any atom is -0.461 e. The first-order valence-electron chi connectivity index (χ1n) is 12.5. The first-order chi connectivity index (χ1) is 17.5. The van der Waals surface area contributed by atoms with Crippen LogP contribution in [0.25, 0.3) is 0 Å². The molecule has 1 aromatic carbocycles. The fourth-order valence-corrected chi connectivity index (χ4v) is 4.32. The average Bonchev–Trinajstić information content (AvgIpc) is 2.91. The molecule has 8 nitrogen and oxygen atoms in total. The molecule has 1 N–H and O–H groups in total. The highest BCUT2D eigenvalue weighted by atomic mass is 16.5. The van der Waals surface area contributed by atoms with Gasteiger partial charge < -0.3 is 19.9 Å². The van der Waals surface area contributed by atoms with E-state index in [1.54, 1.807) is 6.20 Å². The lowest BCUT2D eigenvalue weighted by molar-refractivity contribution is -0.150. The maximum absolute atomic E-state index is 13.4. The van der Waals surface area contributed by atoms with E-state index >= 15 is 0 Å². The van der Waals surface area contributed by atoms with Gasteiger partial charge >= 0.3 is 5.97 Å². The van der Waals surface area contributed by atoms with E-state index in [0.717, 1.165) is 23.4 Å². The fourth-order valence-electron chi connectivity index (χ4n) is 4.32. The van der Waals surface area contributed by atoms with Crippen LogP contribution in [0.4, 0.5) is 5.82 Å². The first-order valence-corrected chi connectivity index (χ1v) is 12.5. The van der Waals surface area contributed by atoms with Crippen molar-refractivity contribution in [1.82, 2.24) is 15.2 Å². The number of carbonyl (C=O) groups is 3. The third-order valence-corrected chi connectivity index (χ3v) is 6.34. The number of carbonyl (C=O) groups excluding carboxylic acids is 3. The van der Waals surface area contributed by atoms with Gasteiger partial charge in [0.2, 0.25) is 11.8 Å². The molecule has 36 heavy (non-hydrogen) atoms. The van der Waals surface area contributed by atoms with Crippen LogP contribution in [0.15, 0.2) is 61.3 Å². The maximum Gasteiger partial charge on any atom is 0.306 e. The van der Waals surface area contributed by atoms with Gasteiger partial charge in [-0.2, -0.15) is 0 Å². The van der Waals surface area contributed by atoms with E-state index in [2.05, 4.69) is 21.8 Å². The molecule has 3 rings (SSSR count). The van der Waals surface area contributed by atoms with Crippen LogP contribution >= 0.6 is 0 Å². The summed E-state index contributed by atoms with van der Waals surface area (Å²) in [7, 11) is 0. The summed E-state index contributed by atoms with van der Waals surface area (Å²) in [4.78, 5) is 46.0. The molecule has 192 valence electrons. The molecular formula is C28H36N4O4. The van der Waals surface area contributed by atoms with Crippen LogP contribution in [0.2, 0.25) is 0 Å². The Balaban J connectivity index is 1.55. The van der Waals surface area contributed by atoms with Crippen molar-refractivity contribution in [2.75, 3.05) is 37.6 Å². The standard InChI is InChI=1S/C28H36N4O4/c1-3-25(33)29-14-8-7-13-24(20-26(34)36-21-23-11-5-4-6-12-23)28(35)32-18-16-31(17-19-32)27-22(2)10-9-15-30-27/h3-6,9-12,15,24H,1,7-8,13-14,16-21H2,2H3,(H,29,33)/t24-/m1/s1. The number of esters is 1. The summed E-state index contributed by atoms with van der Waals surface area (Å²) in [5.74, 6) is -0.106. The summed E-state index contributed by atoms with van der Waals surface area (Å²) in [6.45, 7) is 8.74.